The van der Waals surface area contributed by atoms with E-state index in [2.05, 4.69) is 0 Å². The van der Waals surface area contributed by atoms with Gasteiger partial charge in [0.1, 0.15) is 11.8 Å². The predicted octanol–water partition coefficient (Wildman–Crippen LogP) is 2.45. The summed E-state index contributed by atoms with van der Waals surface area (Å²) in [5, 5.41) is 0. The Bertz CT molecular complexity index is 699. The van der Waals surface area contributed by atoms with Gasteiger partial charge in [-0.3, -0.25) is 14.5 Å². The van der Waals surface area contributed by atoms with Crippen molar-refractivity contribution in [3.05, 3.63) is 54.5 Å². The number of furan rings is 1. The van der Waals surface area contributed by atoms with Crippen molar-refractivity contribution in [2.45, 2.75) is 25.4 Å². The second-order valence-corrected chi connectivity index (χ2v) is 6.05. The fourth-order valence-corrected chi connectivity index (χ4v) is 3.17. The lowest BCUT2D eigenvalue weighted by Crippen LogP contribution is -2.44. The number of ether oxygens (including phenoxy) is 1. The molecule has 0 saturated carbocycles. The third-order valence-corrected chi connectivity index (χ3v) is 4.44. The van der Waals surface area contributed by atoms with Crippen molar-refractivity contribution in [3.63, 3.8) is 0 Å². The van der Waals surface area contributed by atoms with E-state index in [1.54, 1.807) is 17.2 Å². The van der Waals surface area contributed by atoms with E-state index in [0.717, 1.165) is 25.1 Å². The Kier molecular flexibility index (Phi) is 5.50. The number of nitrogens with zero attached hydrogens (tertiary/aromatic N) is 2. The van der Waals surface area contributed by atoms with Crippen LogP contribution in [0.3, 0.4) is 0 Å². The third-order valence-electron chi connectivity index (χ3n) is 4.44. The van der Waals surface area contributed by atoms with Crippen molar-refractivity contribution in [3.8, 4) is 0 Å². The quantitative estimate of drug-likeness (QED) is 0.755. The minimum Gasteiger partial charge on any atom is -0.468 e. The second kappa shape index (κ2) is 7.98. The number of esters is 1. The summed E-state index contributed by atoms with van der Waals surface area (Å²) >= 11 is 0. The molecular formula is C19H22N2O4. The van der Waals surface area contributed by atoms with Gasteiger partial charge >= 0.3 is 5.97 Å². The number of hydrogen-bond donors (Lipinski definition) is 0. The molecule has 0 aliphatic carbocycles. The molecule has 1 amide bonds. The summed E-state index contributed by atoms with van der Waals surface area (Å²) in [4.78, 5) is 28.5. The van der Waals surface area contributed by atoms with Crippen LogP contribution in [-0.4, -0.2) is 43.0 Å². The first-order valence-corrected chi connectivity index (χ1v) is 8.38. The van der Waals surface area contributed by atoms with Crippen molar-refractivity contribution in [2.75, 3.05) is 25.1 Å². The predicted molar refractivity (Wildman–Crippen MR) is 93.0 cm³/mol. The maximum absolute atomic E-state index is 13.0. The van der Waals surface area contributed by atoms with E-state index >= 15 is 0 Å². The van der Waals surface area contributed by atoms with Gasteiger partial charge < -0.3 is 14.1 Å². The standard InChI is InChI=1S/C19H22N2O4/c1-24-19(23)17-10-5-11-20(17)14-18(22)21(13-16-9-6-12-25-16)15-7-3-2-4-8-15/h2-4,6-9,12,17H,5,10-11,13-14H2,1H3. The van der Waals surface area contributed by atoms with E-state index in [0.29, 0.717) is 12.3 Å². The highest BCUT2D eigenvalue weighted by atomic mass is 16.5. The molecule has 3 rings (SSSR count). The summed E-state index contributed by atoms with van der Waals surface area (Å²) in [6, 6.07) is 12.8. The van der Waals surface area contributed by atoms with E-state index < -0.39 is 0 Å². The molecule has 0 N–H and O–H groups in total. The number of methoxy groups -OCH3 is 1. The summed E-state index contributed by atoms with van der Waals surface area (Å²) in [6.07, 6.45) is 3.21. The van der Waals surface area contributed by atoms with Crippen molar-refractivity contribution >= 4 is 17.6 Å². The number of rotatable bonds is 6. The lowest BCUT2D eigenvalue weighted by atomic mass is 10.2. The first kappa shape index (κ1) is 17.2. The number of benzene rings is 1. The van der Waals surface area contributed by atoms with Crippen LogP contribution in [0, 0.1) is 0 Å². The lowest BCUT2D eigenvalue weighted by molar-refractivity contribution is -0.146. The Morgan fingerprint density at radius 3 is 2.72 bits per heavy atom. The molecule has 1 aliphatic heterocycles. The van der Waals surface area contributed by atoms with E-state index in [4.69, 9.17) is 9.15 Å². The van der Waals surface area contributed by atoms with Crippen molar-refractivity contribution in [1.82, 2.24) is 4.90 Å². The van der Waals surface area contributed by atoms with Crippen LogP contribution in [0.5, 0.6) is 0 Å². The average Bonchev–Trinajstić information content (AvgIpc) is 3.31. The van der Waals surface area contributed by atoms with Gasteiger partial charge in [-0.05, 0) is 43.7 Å². The van der Waals surface area contributed by atoms with Gasteiger partial charge in [0.15, 0.2) is 0 Å². The van der Waals surface area contributed by atoms with E-state index in [-0.39, 0.29) is 24.5 Å². The molecule has 6 heteroatoms. The van der Waals surface area contributed by atoms with Gasteiger partial charge in [0.25, 0.3) is 0 Å². The Morgan fingerprint density at radius 2 is 2.04 bits per heavy atom. The van der Waals surface area contributed by atoms with Crippen LogP contribution in [0.2, 0.25) is 0 Å². The lowest BCUT2D eigenvalue weighted by Gasteiger charge is -2.27. The van der Waals surface area contributed by atoms with Gasteiger partial charge in [0.05, 0.1) is 26.5 Å². The molecule has 0 radical (unpaired) electrons. The third kappa shape index (κ3) is 4.09. The Balaban J connectivity index is 1.76. The molecule has 2 heterocycles. The van der Waals surface area contributed by atoms with Crippen molar-refractivity contribution in [2.24, 2.45) is 0 Å². The molecule has 0 bridgehead atoms. The number of likely N-dealkylation sites (tertiary alicyclic amines) is 1. The zero-order chi connectivity index (χ0) is 17.6. The summed E-state index contributed by atoms with van der Waals surface area (Å²) in [5.41, 5.74) is 0.803. The highest BCUT2D eigenvalue weighted by Crippen LogP contribution is 2.21. The molecule has 1 atom stereocenters. The topological polar surface area (TPSA) is 63.0 Å². The average molecular weight is 342 g/mol. The number of para-hydroxylation sites is 1. The van der Waals surface area contributed by atoms with Crippen molar-refractivity contribution in [1.29, 1.82) is 0 Å². The van der Waals surface area contributed by atoms with Gasteiger partial charge in [-0.15, -0.1) is 0 Å². The summed E-state index contributed by atoms with van der Waals surface area (Å²) < 4.78 is 10.3. The van der Waals surface area contributed by atoms with Crippen LogP contribution < -0.4 is 4.90 Å². The Morgan fingerprint density at radius 1 is 1.24 bits per heavy atom. The Hall–Kier alpha value is -2.60. The van der Waals surface area contributed by atoms with Crippen LogP contribution in [0.4, 0.5) is 5.69 Å². The number of carbonyl (C=O) groups excluding carboxylic acids is 2. The summed E-state index contributed by atoms with van der Waals surface area (Å²) in [7, 11) is 1.38. The highest BCUT2D eigenvalue weighted by molar-refractivity contribution is 5.95. The SMILES string of the molecule is COC(=O)C1CCCN1CC(=O)N(Cc1ccco1)c1ccccc1. The highest BCUT2D eigenvalue weighted by Gasteiger charge is 2.33. The minimum atomic E-state index is -0.338. The van der Waals surface area contributed by atoms with Crippen LogP contribution >= 0.6 is 0 Å². The molecule has 2 aromatic rings. The zero-order valence-electron chi connectivity index (χ0n) is 14.3. The number of hydrogen-bond acceptors (Lipinski definition) is 5. The smallest absolute Gasteiger partial charge is 0.323 e. The normalized spacial score (nSPS) is 17.4. The van der Waals surface area contributed by atoms with Gasteiger partial charge in [-0.1, -0.05) is 18.2 Å². The molecule has 1 saturated heterocycles. The van der Waals surface area contributed by atoms with E-state index in [1.165, 1.54) is 7.11 Å². The first-order valence-electron chi connectivity index (χ1n) is 8.38. The van der Waals surface area contributed by atoms with Gasteiger partial charge in [-0.2, -0.15) is 0 Å². The molecule has 1 fully saturated rings. The molecule has 0 spiro atoms. The molecule has 1 aromatic carbocycles. The van der Waals surface area contributed by atoms with Crippen molar-refractivity contribution < 1.29 is 18.7 Å². The van der Waals surface area contributed by atoms with E-state index in [1.807, 2.05) is 41.3 Å². The molecule has 1 unspecified atom stereocenters. The monoisotopic (exact) mass is 342 g/mol. The maximum atomic E-state index is 13.0. The number of amides is 1. The molecule has 1 aliphatic rings. The Labute approximate surface area is 147 Å². The van der Waals surface area contributed by atoms with E-state index in [9.17, 15) is 9.59 Å². The van der Waals surface area contributed by atoms with Gasteiger partial charge in [0, 0.05) is 5.69 Å². The molecule has 25 heavy (non-hydrogen) atoms. The number of carbonyl (C=O) groups is 2. The molecule has 6 nitrogen and oxygen atoms in total. The minimum absolute atomic E-state index is 0.0709. The molecule has 1 aromatic heterocycles. The van der Waals surface area contributed by atoms with Crippen LogP contribution in [0.25, 0.3) is 0 Å². The second-order valence-electron chi connectivity index (χ2n) is 6.05. The molecular weight excluding hydrogens is 320 g/mol. The molecule has 132 valence electrons. The van der Waals surface area contributed by atoms with Crippen LogP contribution in [0.1, 0.15) is 18.6 Å². The zero-order valence-corrected chi connectivity index (χ0v) is 14.3. The van der Waals surface area contributed by atoms with Crippen LogP contribution in [-0.2, 0) is 20.9 Å². The van der Waals surface area contributed by atoms with Crippen LogP contribution in [0.15, 0.2) is 53.1 Å². The summed E-state index contributed by atoms with van der Waals surface area (Å²) in [5.74, 6) is 0.365. The fourth-order valence-electron chi connectivity index (χ4n) is 3.17. The largest absolute Gasteiger partial charge is 0.468 e. The maximum Gasteiger partial charge on any atom is 0.323 e. The van der Waals surface area contributed by atoms with Gasteiger partial charge in [0.2, 0.25) is 5.91 Å². The fraction of sp³-hybridized carbons (Fsp3) is 0.368. The summed E-state index contributed by atoms with van der Waals surface area (Å²) in [6.45, 7) is 1.25. The number of anilines is 1. The van der Waals surface area contributed by atoms with Gasteiger partial charge in [-0.25, -0.2) is 0 Å². The first-order chi connectivity index (χ1) is 12.2.